The summed E-state index contributed by atoms with van der Waals surface area (Å²) in [5.74, 6) is -2.09. The molecule has 3 aliphatic rings. The van der Waals surface area contributed by atoms with Gasteiger partial charge in [0.1, 0.15) is 11.6 Å². The van der Waals surface area contributed by atoms with Gasteiger partial charge in [0, 0.05) is 26.2 Å². The summed E-state index contributed by atoms with van der Waals surface area (Å²) in [4.78, 5) is 47.2. The molecule has 0 radical (unpaired) electrons. The number of nitrogens with zero attached hydrogens (tertiary/aromatic N) is 3. The number of benzene rings is 1. The van der Waals surface area contributed by atoms with Gasteiger partial charge in [0.2, 0.25) is 17.7 Å². The first-order valence-electron chi connectivity index (χ1n) is 13.8. The van der Waals surface area contributed by atoms with Crippen LogP contribution in [0.4, 0.5) is 0 Å². The lowest BCUT2D eigenvalue weighted by Crippen LogP contribution is -2.58. The van der Waals surface area contributed by atoms with Gasteiger partial charge in [-0.05, 0) is 31.7 Å². The van der Waals surface area contributed by atoms with Gasteiger partial charge in [0.15, 0.2) is 0 Å². The number of amides is 3. The van der Waals surface area contributed by atoms with Crippen LogP contribution in [-0.2, 0) is 25.7 Å². The molecule has 1 aromatic rings. The third kappa shape index (κ3) is 4.80. The highest BCUT2D eigenvalue weighted by Gasteiger charge is 2.75. The minimum atomic E-state index is -1.08. The molecule has 0 aliphatic carbocycles. The van der Waals surface area contributed by atoms with Crippen molar-refractivity contribution in [2.24, 2.45) is 11.8 Å². The lowest BCUT2D eigenvalue weighted by atomic mass is 9.70. The van der Waals surface area contributed by atoms with E-state index in [2.05, 4.69) is 20.1 Å². The number of likely N-dealkylation sites (tertiary alicyclic amines) is 1. The van der Waals surface area contributed by atoms with E-state index in [0.29, 0.717) is 39.0 Å². The van der Waals surface area contributed by atoms with Crippen LogP contribution in [0.2, 0.25) is 0 Å². The molecule has 3 amide bonds. The number of fused-ring (bicyclic) bond motifs is 1. The number of aliphatic hydroxyl groups excluding tert-OH is 1. The Balaban J connectivity index is 1.70. The van der Waals surface area contributed by atoms with E-state index in [1.54, 1.807) is 28.9 Å². The summed E-state index contributed by atoms with van der Waals surface area (Å²) in [6.45, 7) is 12.8. The van der Waals surface area contributed by atoms with Gasteiger partial charge in [-0.15, -0.1) is 13.2 Å². The van der Waals surface area contributed by atoms with Gasteiger partial charge in [0.05, 0.1) is 30.6 Å². The molecule has 0 saturated carbocycles. The molecule has 3 aliphatic heterocycles. The normalized spacial score (nSPS) is 28.2. The van der Waals surface area contributed by atoms with Crippen LogP contribution in [0.3, 0.4) is 0 Å². The highest BCUT2D eigenvalue weighted by Crippen LogP contribution is 2.59. The zero-order chi connectivity index (χ0) is 27.4. The maximum absolute atomic E-state index is 14.1. The topological polar surface area (TPSA) is 90.4 Å². The van der Waals surface area contributed by atoms with E-state index in [9.17, 15) is 19.5 Å². The first-order chi connectivity index (χ1) is 18.3. The van der Waals surface area contributed by atoms with E-state index in [1.165, 1.54) is 4.90 Å². The molecule has 8 heteroatoms. The Labute approximate surface area is 225 Å². The second-order valence-electron chi connectivity index (χ2n) is 10.8. The van der Waals surface area contributed by atoms with Crippen LogP contribution in [0.5, 0.6) is 0 Å². The summed E-state index contributed by atoms with van der Waals surface area (Å²) >= 11 is 0. The fraction of sp³-hybridized carbons (Fsp3) is 0.567. The van der Waals surface area contributed by atoms with Crippen molar-refractivity contribution in [1.29, 1.82) is 0 Å². The van der Waals surface area contributed by atoms with Gasteiger partial charge >= 0.3 is 0 Å². The number of aliphatic hydroxyl groups is 1. The number of carbonyl (C=O) groups is 3. The van der Waals surface area contributed by atoms with Crippen molar-refractivity contribution in [2.75, 3.05) is 26.2 Å². The Morgan fingerprint density at radius 2 is 1.87 bits per heavy atom. The zero-order valence-corrected chi connectivity index (χ0v) is 22.6. The van der Waals surface area contributed by atoms with Crippen LogP contribution >= 0.6 is 0 Å². The van der Waals surface area contributed by atoms with E-state index < -0.39 is 35.6 Å². The molecule has 8 nitrogen and oxygen atoms in total. The SMILES string of the molecule is C=CCN(CCCC)C(=O)C1N([C@H](C)CO)C(=O)[C@@H]2[C@@H](C(=O)N(CC=C)Cc3ccccc3)[C@H]3CCC12O3. The largest absolute Gasteiger partial charge is 0.394 e. The van der Waals surface area contributed by atoms with Gasteiger partial charge in [-0.1, -0.05) is 55.8 Å². The maximum atomic E-state index is 14.1. The van der Waals surface area contributed by atoms with Gasteiger partial charge in [0.25, 0.3) is 0 Å². The lowest BCUT2D eigenvalue weighted by molar-refractivity contribution is -0.151. The molecule has 3 saturated heterocycles. The van der Waals surface area contributed by atoms with Gasteiger partial charge < -0.3 is 24.5 Å². The molecular weight excluding hydrogens is 482 g/mol. The number of carbonyl (C=O) groups excluding carboxylic acids is 3. The Kier molecular flexibility index (Phi) is 8.73. The van der Waals surface area contributed by atoms with Crippen molar-refractivity contribution in [3.05, 3.63) is 61.2 Å². The first-order valence-corrected chi connectivity index (χ1v) is 13.8. The minimum Gasteiger partial charge on any atom is -0.394 e. The Hall–Kier alpha value is -2.97. The molecule has 6 atom stereocenters. The van der Waals surface area contributed by atoms with Gasteiger partial charge in [-0.3, -0.25) is 14.4 Å². The Morgan fingerprint density at radius 3 is 2.50 bits per heavy atom. The molecular formula is C30H41N3O5. The van der Waals surface area contributed by atoms with E-state index in [1.807, 2.05) is 30.3 Å². The lowest BCUT2D eigenvalue weighted by Gasteiger charge is -2.38. The minimum absolute atomic E-state index is 0.155. The highest BCUT2D eigenvalue weighted by atomic mass is 16.5. The summed E-state index contributed by atoms with van der Waals surface area (Å²) in [7, 11) is 0. The van der Waals surface area contributed by atoms with Crippen molar-refractivity contribution in [3.63, 3.8) is 0 Å². The molecule has 3 heterocycles. The van der Waals surface area contributed by atoms with Crippen molar-refractivity contribution in [3.8, 4) is 0 Å². The second kappa shape index (κ2) is 11.8. The molecule has 2 bridgehead atoms. The number of hydrogen-bond donors (Lipinski definition) is 1. The summed E-state index contributed by atoms with van der Waals surface area (Å²) in [5.41, 5.74) is -0.0975. The molecule has 1 aromatic carbocycles. The average molecular weight is 524 g/mol. The predicted octanol–water partition coefficient (Wildman–Crippen LogP) is 2.77. The molecule has 38 heavy (non-hydrogen) atoms. The molecule has 3 fully saturated rings. The van der Waals surface area contributed by atoms with Crippen molar-refractivity contribution < 1.29 is 24.2 Å². The number of unbranched alkanes of at least 4 members (excludes halogenated alkanes) is 1. The van der Waals surface area contributed by atoms with Crippen LogP contribution in [0.1, 0.15) is 45.1 Å². The van der Waals surface area contributed by atoms with Crippen molar-refractivity contribution in [2.45, 2.75) is 69.9 Å². The molecule has 1 N–H and O–H groups in total. The van der Waals surface area contributed by atoms with E-state index in [-0.39, 0.29) is 24.3 Å². The van der Waals surface area contributed by atoms with E-state index in [4.69, 9.17) is 4.74 Å². The summed E-state index contributed by atoms with van der Waals surface area (Å²) in [6, 6.07) is 8.25. The van der Waals surface area contributed by atoms with Crippen LogP contribution in [0.25, 0.3) is 0 Å². The molecule has 4 rings (SSSR count). The molecule has 0 aromatic heterocycles. The van der Waals surface area contributed by atoms with Gasteiger partial charge in [-0.25, -0.2) is 0 Å². The maximum Gasteiger partial charge on any atom is 0.248 e. The number of rotatable bonds is 13. The van der Waals surface area contributed by atoms with Crippen molar-refractivity contribution >= 4 is 17.7 Å². The average Bonchev–Trinajstić information content (AvgIpc) is 3.57. The fourth-order valence-corrected chi connectivity index (χ4v) is 6.59. The monoisotopic (exact) mass is 523 g/mol. The van der Waals surface area contributed by atoms with Crippen LogP contribution < -0.4 is 0 Å². The molecule has 206 valence electrons. The second-order valence-corrected chi connectivity index (χ2v) is 10.8. The standard InChI is InChI=1S/C30H41N3O5/c1-5-8-18-31(16-6-2)29(37)26-30-15-14-23(38-30)24(25(30)28(36)33(26)21(4)20-34)27(35)32(17-7-3)19-22-12-10-9-11-13-22/h6-7,9-13,21,23-26,34H,2-3,5,8,14-20H2,1,4H3/t21-,23-,24+,25+,26?,30?/m1/s1. The summed E-state index contributed by atoms with van der Waals surface area (Å²) in [5, 5.41) is 10.1. The van der Waals surface area contributed by atoms with E-state index >= 15 is 0 Å². The summed E-state index contributed by atoms with van der Waals surface area (Å²) < 4.78 is 6.57. The predicted molar refractivity (Wildman–Crippen MR) is 145 cm³/mol. The van der Waals surface area contributed by atoms with Crippen LogP contribution in [0, 0.1) is 11.8 Å². The smallest absolute Gasteiger partial charge is 0.248 e. The van der Waals surface area contributed by atoms with Gasteiger partial charge in [-0.2, -0.15) is 0 Å². The van der Waals surface area contributed by atoms with Crippen LogP contribution in [0.15, 0.2) is 55.6 Å². The third-order valence-electron chi connectivity index (χ3n) is 8.32. The zero-order valence-electron chi connectivity index (χ0n) is 22.6. The van der Waals surface area contributed by atoms with Crippen molar-refractivity contribution in [1.82, 2.24) is 14.7 Å². The highest BCUT2D eigenvalue weighted by molar-refractivity contribution is 5.99. The summed E-state index contributed by atoms with van der Waals surface area (Å²) in [6.07, 6.45) is 5.83. The molecule has 1 spiro atoms. The fourth-order valence-electron chi connectivity index (χ4n) is 6.59. The third-order valence-corrected chi connectivity index (χ3v) is 8.32. The van der Waals surface area contributed by atoms with Crippen LogP contribution in [-0.4, -0.2) is 87.6 Å². The van der Waals surface area contributed by atoms with E-state index in [0.717, 1.165) is 18.4 Å². The molecule has 2 unspecified atom stereocenters. The quantitative estimate of drug-likeness (QED) is 0.402. The number of ether oxygens (including phenoxy) is 1. The Morgan fingerprint density at radius 1 is 1.18 bits per heavy atom. The first kappa shape index (κ1) is 28.0. The Bertz CT molecular complexity index is 1050. The number of hydrogen-bond acceptors (Lipinski definition) is 5.